The van der Waals surface area contributed by atoms with E-state index in [-0.39, 0.29) is 11.2 Å². The molecule has 1 aromatic heterocycles. The molecular weight excluding hydrogens is 363 g/mol. The number of carbonyl (C=O) groups is 1. The molecule has 3 aromatic rings. The first-order chi connectivity index (χ1) is 12.7. The molecule has 1 amide bonds. The summed E-state index contributed by atoms with van der Waals surface area (Å²) in [5, 5.41) is 2.92. The van der Waals surface area contributed by atoms with Gasteiger partial charge in [-0.15, -0.1) is 13.2 Å². The fraction of sp³-hybridized carbons (Fsp3) is 0.167. The molecular formula is C18H14F3N3O3. The minimum absolute atomic E-state index is 0.267. The number of ether oxygens (including phenoxy) is 1. The van der Waals surface area contributed by atoms with Crippen LogP contribution in [-0.4, -0.2) is 21.8 Å². The zero-order valence-electron chi connectivity index (χ0n) is 14.0. The highest BCUT2D eigenvalue weighted by atomic mass is 19.4. The van der Waals surface area contributed by atoms with Gasteiger partial charge in [-0.2, -0.15) is 0 Å². The van der Waals surface area contributed by atoms with E-state index < -0.39 is 24.1 Å². The van der Waals surface area contributed by atoms with Crippen molar-refractivity contribution in [3.05, 3.63) is 65.2 Å². The Hall–Kier alpha value is -3.36. The summed E-state index contributed by atoms with van der Waals surface area (Å²) in [6.07, 6.45) is -3.50. The molecule has 0 fully saturated rings. The minimum Gasteiger partial charge on any atom is -0.406 e. The largest absolute Gasteiger partial charge is 0.573 e. The maximum Gasteiger partial charge on any atom is 0.573 e. The number of para-hydroxylation sites is 1. The Morgan fingerprint density at radius 3 is 2.48 bits per heavy atom. The molecule has 27 heavy (non-hydrogen) atoms. The van der Waals surface area contributed by atoms with Crippen LogP contribution in [0.15, 0.2) is 59.7 Å². The quantitative estimate of drug-likeness (QED) is 0.755. The summed E-state index contributed by atoms with van der Waals surface area (Å²) >= 11 is 0. The first-order valence-electron chi connectivity index (χ1n) is 7.87. The van der Waals surface area contributed by atoms with Crippen molar-refractivity contribution in [2.75, 3.05) is 5.32 Å². The van der Waals surface area contributed by atoms with E-state index in [9.17, 15) is 22.8 Å². The third-order valence-electron chi connectivity index (χ3n) is 3.84. The van der Waals surface area contributed by atoms with Crippen LogP contribution in [0.3, 0.4) is 0 Å². The van der Waals surface area contributed by atoms with Crippen LogP contribution in [0.4, 0.5) is 18.9 Å². The van der Waals surface area contributed by atoms with Crippen LogP contribution < -0.4 is 15.6 Å². The van der Waals surface area contributed by atoms with Gasteiger partial charge in [-0.05, 0) is 43.3 Å². The molecule has 9 heteroatoms. The normalized spacial score (nSPS) is 12.6. The Kier molecular flexibility index (Phi) is 4.85. The van der Waals surface area contributed by atoms with Crippen LogP contribution >= 0.6 is 0 Å². The first-order valence-corrected chi connectivity index (χ1v) is 7.87. The van der Waals surface area contributed by atoms with Crippen LogP contribution in [0, 0.1) is 0 Å². The number of rotatable bonds is 4. The number of amides is 1. The van der Waals surface area contributed by atoms with Gasteiger partial charge in [0, 0.05) is 5.69 Å². The van der Waals surface area contributed by atoms with E-state index in [1.54, 1.807) is 24.3 Å². The molecule has 0 aliphatic carbocycles. The molecule has 1 unspecified atom stereocenters. The smallest absolute Gasteiger partial charge is 0.406 e. The standard InChI is InChI=1S/C18H14F3N3O3/c1-11(24-10-22-15-5-3-2-4-14(15)17(24)26)16(25)23-12-6-8-13(9-7-12)27-18(19,20)21/h2-11H,1H3,(H,23,25). The fourth-order valence-corrected chi connectivity index (χ4v) is 2.47. The van der Waals surface area contributed by atoms with E-state index in [0.29, 0.717) is 10.9 Å². The highest BCUT2D eigenvalue weighted by molar-refractivity contribution is 5.93. The maximum atomic E-state index is 12.5. The van der Waals surface area contributed by atoms with E-state index >= 15 is 0 Å². The van der Waals surface area contributed by atoms with Crippen LogP contribution in [-0.2, 0) is 4.79 Å². The summed E-state index contributed by atoms with van der Waals surface area (Å²) in [6, 6.07) is 10.6. The van der Waals surface area contributed by atoms with E-state index in [0.717, 1.165) is 12.1 Å². The van der Waals surface area contributed by atoms with E-state index in [2.05, 4.69) is 15.0 Å². The van der Waals surface area contributed by atoms with Gasteiger partial charge in [-0.1, -0.05) is 12.1 Å². The maximum absolute atomic E-state index is 12.5. The summed E-state index contributed by atoms with van der Waals surface area (Å²) in [4.78, 5) is 29.1. The lowest BCUT2D eigenvalue weighted by Gasteiger charge is -2.15. The summed E-state index contributed by atoms with van der Waals surface area (Å²) in [5.74, 6) is -0.915. The van der Waals surface area contributed by atoms with Crippen molar-refractivity contribution in [2.45, 2.75) is 19.3 Å². The Balaban J connectivity index is 1.76. The second-order valence-electron chi connectivity index (χ2n) is 5.71. The molecule has 0 bridgehead atoms. The number of nitrogens with zero attached hydrogens (tertiary/aromatic N) is 2. The Labute approximate surface area is 151 Å². The van der Waals surface area contributed by atoms with Gasteiger partial charge in [0.05, 0.1) is 17.2 Å². The zero-order chi connectivity index (χ0) is 19.6. The Morgan fingerprint density at radius 2 is 1.81 bits per heavy atom. The van der Waals surface area contributed by atoms with Gasteiger partial charge < -0.3 is 10.1 Å². The molecule has 0 saturated carbocycles. The molecule has 6 nitrogen and oxygen atoms in total. The van der Waals surface area contributed by atoms with E-state index in [1.807, 2.05) is 0 Å². The Bertz CT molecular complexity index is 1030. The lowest BCUT2D eigenvalue weighted by molar-refractivity contribution is -0.274. The number of halogens is 3. The van der Waals surface area contributed by atoms with Gasteiger partial charge in [0.25, 0.3) is 5.56 Å². The molecule has 0 radical (unpaired) electrons. The number of hydrogen-bond donors (Lipinski definition) is 1. The van der Waals surface area contributed by atoms with Crippen molar-refractivity contribution >= 4 is 22.5 Å². The van der Waals surface area contributed by atoms with Gasteiger partial charge in [-0.25, -0.2) is 4.98 Å². The number of fused-ring (bicyclic) bond motifs is 1. The number of hydrogen-bond acceptors (Lipinski definition) is 4. The topological polar surface area (TPSA) is 73.2 Å². The second-order valence-corrected chi connectivity index (χ2v) is 5.71. The number of aromatic nitrogens is 2. The monoisotopic (exact) mass is 377 g/mol. The molecule has 0 saturated heterocycles. The molecule has 140 valence electrons. The van der Waals surface area contributed by atoms with Crippen molar-refractivity contribution < 1.29 is 22.7 Å². The summed E-state index contributed by atoms with van der Waals surface area (Å²) < 4.78 is 41.5. The minimum atomic E-state index is -4.79. The van der Waals surface area contributed by atoms with Crippen molar-refractivity contribution in [2.24, 2.45) is 0 Å². The van der Waals surface area contributed by atoms with Gasteiger partial charge in [0.1, 0.15) is 11.8 Å². The first kappa shape index (κ1) is 18.4. The van der Waals surface area contributed by atoms with Crippen LogP contribution in [0.25, 0.3) is 10.9 Å². The van der Waals surface area contributed by atoms with Crippen LogP contribution in [0.1, 0.15) is 13.0 Å². The molecule has 0 aliphatic rings. The van der Waals surface area contributed by atoms with Crippen molar-refractivity contribution in [1.29, 1.82) is 0 Å². The highest BCUT2D eigenvalue weighted by Gasteiger charge is 2.31. The molecule has 1 heterocycles. The van der Waals surface area contributed by atoms with Crippen molar-refractivity contribution in [3.63, 3.8) is 0 Å². The van der Waals surface area contributed by atoms with Crippen LogP contribution in [0.2, 0.25) is 0 Å². The van der Waals surface area contributed by atoms with Crippen molar-refractivity contribution in [3.8, 4) is 5.75 Å². The molecule has 1 atom stereocenters. The van der Waals surface area contributed by atoms with Crippen molar-refractivity contribution in [1.82, 2.24) is 9.55 Å². The fourth-order valence-electron chi connectivity index (χ4n) is 2.47. The molecule has 0 aliphatic heterocycles. The van der Waals surface area contributed by atoms with Gasteiger partial charge in [0.15, 0.2) is 0 Å². The van der Waals surface area contributed by atoms with Gasteiger partial charge in [0.2, 0.25) is 5.91 Å². The Morgan fingerprint density at radius 1 is 1.15 bits per heavy atom. The third kappa shape index (κ3) is 4.25. The second kappa shape index (κ2) is 7.10. The summed E-state index contributed by atoms with van der Waals surface area (Å²) in [7, 11) is 0. The number of nitrogens with one attached hydrogen (secondary N) is 1. The lowest BCUT2D eigenvalue weighted by atomic mass is 10.2. The number of carbonyl (C=O) groups excluding carboxylic acids is 1. The molecule has 2 aromatic carbocycles. The van der Waals surface area contributed by atoms with Gasteiger partial charge in [-0.3, -0.25) is 14.2 Å². The molecule has 3 rings (SSSR count). The molecule has 1 N–H and O–H groups in total. The summed E-state index contributed by atoms with van der Waals surface area (Å²) in [6.45, 7) is 1.52. The van der Waals surface area contributed by atoms with Crippen LogP contribution in [0.5, 0.6) is 5.75 Å². The highest BCUT2D eigenvalue weighted by Crippen LogP contribution is 2.24. The number of benzene rings is 2. The average Bonchev–Trinajstić information content (AvgIpc) is 2.62. The zero-order valence-corrected chi connectivity index (χ0v) is 14.0. The average molecular weight is 377 g/mol. The third-order valence-corrected chi connectivity index (χ3v) is 3.84. The summed E-state index contributed by atoms with van der Waals surface area (Å²) in [5.41, 5.74) is 0.423. The SMILES string of the molecule is CC(C(=O)Nc1ccc(OC(F)(F)F)cc1)n1cnc2ccccc2c1=O. The van der Waals surface area contributed by atoms with E-state index in [1.165, 1.54) is 30.0 Å². The number of alkyl halides is 3. The van der Waals surface area contributed by atoms with Gasteiger partial charge >= 0.3 is 6.36 Å². The predicted molar refractivity (Wildman–Crippen MR) is 92.5 cm³/mol. The van der Waals surface area contributed by atoms with E-state index in [4.69, 9.17) is 0 Å². The molecule has 0 spiro atoms. The lowest BCUT2D eigenvalue weighted by Crippen LogP contribution is -2.31. The predicted octanol–water partition coefficient (Wildman–Crippen LogP) is 3.49. The number of anilines is 1.